The van der Waals surface area contributed by atoms with Gasteiger partial charge in [0, 0.05) is 12.8 Å². The van der Waals surface area contributed by atoms with E-state index in [4.69, 9.17) is 0 Å². The first-order valence-electron chi connectivity index (χ1n) is 6.34. The van der Waals surface area contributed by atoms with Crippen molar-refractivity contribution in [2.75, 3.05) is 0 Å². The standard InChI is InChI=1S/C13H24O/c1-2-3-4-5-6-7-12-8-10-13(14)11-9-12/h12H,2-11H2,1H3. The summed E-state index contributed by atoms with van der Waals surface area (Å²) in [5.74, 6) is 1.36. The number of hydrogen-bond acceptors (Lipinski definition) is 1. The van der Waals surface area contributed by atoms with Crippen LogP contribution in [0.3, 0.4) is 0 Å². The number of Topliss-reactive ketones (excluding diaryl/α,β-unsaturated/α-hetero) is 1. The molecule has 14 heavy (non-hydrogen) atoms. The minimum atomic E-state index is 0.493. The van der Waals surface area contributed by atoms with E-state index in [1.54, 1.807) is 0 Å². The van der Waals surface area contributed by atoms with E-state index in [9.17, 15) is 4.79 Å². The summed E-state index contributed by atoms with van der Waals surface area (Å²) in [6, 6.07) is 0. The van der Waals surface area contributed by atoms with Crippen LogP contribution in [0.15, 0.2) is 0 Å². The molecule has 0 unspecified atom stereocenters. The van der Waals surface area contributed by atoms with Gasteiger partial charge in [-0.05, 0) is 18.8 Å². The molecule has 0 bridgehead atoms. The minimum Gasteiger partial charge on any atom is -0.300 e. The minimum absolute atomic E-state index is 0.493. The molecular formula is C13H24O. The van der Waals surface area contributed by atoms with E-state index in [2.05, 4.69) is 6.92 Å². The Hall–Kier alpha value is -0.330. The van der Waals surface area contributed by atoms with Crippen molar-refractivity contribution in [3.63, 3.8) is 0 Å². The Morgan fingerprint density at radius 1 is 1.07 bits per heavy atom. The molecule has 1 rings (SSSR count). The van der Waals surface area contributed by atoms with Gasteiger partial charge in [0.1, 0.15) is 5.78 Å². The predicted molar refractivity (Wildman–Crippen MR) is 60.3 cm³/mol. The summed E-state index contributed by atoms with van der Waals surface area (Å²) >= 11 is 0. The molecular weight excluding hydrogens is 172 g/mol. The summed E-state index contributed by atoms with van der Waals surface area (Å²) in [6.07, 6.45) is 12.4. The van der Waals surface area contributed by atoms with E-state index < -0.39 is 0 Å². The SMILES string of the molecule is CCCCCCCC1CCC(=O)CC1. The molecule has 0 heterocycles. The second kappa shape index (κ2) is 7.03. The highest BCUT2D eigenvalue weighted by atomic mass is 16.1. The number of carbonyl (C=O) groups excluding carboxylic acids is 1. The molecule has 1 aliphatic carbocycles. The van der Waals surface area contributed by atoms with Crippen molar-refractivity contribution >= 4 is 5.78 Å². The molecule has 0 atom stereocenters. The van der Waals surface area contributed by atoms with Crippen LogP contribution in [-0.2, 0) is 4.79 Å². The van der Waals surface area contributed by atoms with E-state index in [1.807, 2.05) is 0 Å². The fraction of sp³-hybridized carbons (Fsp3) is 0.923. The van der Waals surface area contributed by atoms with Gasteiger partial charge in [-0.15, -0.1) is 0 Å². The van der Waals surface area contributed by atoms with Crippen LogP contribution in [0.1, 0.15) is 71.1 Å². The van der Waals surface area contributed by atoms with E-state index in [0.717, 1.165) is 18.8 Å². The normalized spacial score (nSPS) is 18.8. The maximum Gasteiger partial charge on any atom is 0.132 e. The molecule has 0 radical (unpaired) electrons. The van der Waals surface area contributed by atoms with Gasteiger partial charge >= 0.3 is 0 Å². The Morgan fingerprint density at radius 3 is 2.36 bits per heavy atom. The van der Waals surface area contributed by atoms with Crippen LogP contribution < -0.4 is 0 Å². The van der Waals surface area contributed by atoms with Crippen molar-refractivity contribution in [3.05, 3.63) is 0 Å². The molecule has 0 aromatic heterocycles. The Bertz CT molecular complexity index is 153. The van der Waals surface area contributed by atoms with Crippen molar-refractivity contribution in [2.24, 2.45) is 5.92 Å². The molecule has 0 amide bonds. The van der Waals surface area contributed by atoms with Crippen LogP contribution in [0, 0.1) is 5.92 Å². The highest BCUT2D eigenvalue weighted by Crippen LogP contribution is 2.26. The van der Waals surface area contributed by atoms with Gasteiger partial charge in [0.15, 0.2) is 0 Å². The molecule has 0 N–H and O–H groups in total. The molecule has 1 nitrogen and oxygen atoms in total. The summed E-state index contributed by atoms with van der Waals surface area (Å²) < 4.78 is 0. The first-order valence-corrected chi connectivity index (χ1v) is 6.34. The fourth-order valence-corrected chi connectivity index (χ4v) is 2.32. The van der Waals surface area contributed by atoms with E-state index in [1.165, 1.54) is 51.4 Å². The lowest BCUT2D eigenvalue weighted by atomic mass is 9.85. The molecule has 0 aromatic carbocycles. The highest BCUT2D eigenvalue weighted by molar-refractivity contribution is 5.78. The summed E-state index contributed by atoms with van der Waals surface area (Å²) in [4.78, 5) is 11.0. The van der Waals surface area contributed by atoms with Crippen LogP contribution in [0.25, 0.3) is 0 Å². The van der Waals surface area contributed by atoms with Crippen LogP contribution in [0.2, 0.25) is 0 Å². The van der Waals surface area contributed by atoms with Crippen molar-refractivity contribution in [3.8, 4) is 0 Å². The third kappa shape index (κ3) is 4.78. The fourth-order valence-electron chi connectivity index (χ4n) is 2.32. The number of rotatable bonds is 6. The molecule has 1 saturated carbocycles. The van der Waals surface area contributed by atoms with Gasteiger partial charge in [0.05, 0.1) is 0 Å². The van der Waals surface area contributed by atoms with Gasteiger partial charge in [0.2, 0.25) is 0 Å². The second-order valence-corrected chi connectivity index (χ2v) is 4.68. The Kier molecular flexibility index (Phi) is 5.89. The average Bonchev–Trinajstić information content (AvgIpc) is 2.21. The summed E-state index contributed by atoms with van der Waals surface area (Å²) in [5, 5.41) is 0. The molecule has 0 saturated heterocycles. The smallest absolute Gasteiger partial charge is 0.132 e. The Labute approximate surface area is 88.3 Å². The Balaban J connectivity index is 1.94. The number of carbonyl (C=O) groups is 1. The highest BCUT2D eigenvalue weighted by Gasteiger charge is 2.17. The van der Waals surface area contributed by atoms with Crippen LogP contribution in [0.4, 0.5) is 0 Å². The topological polar surface area (TPSA) is 17.1 Å². The zero-order chi connectivity index (χ0) is 10.2. The maximum atomic E-state index is 11.0. The predicted octanol–water partition coefficient (Wildman–Crippen LogP) is 4.11. The van der Waals surface area contributed by atoms with E-state index in [0.29, 0.717) is 5.78 Å². The molecule has 1 heteroatoms. The van der Waals surface area contributed by atoms with Gasteiger partial charge in [-0.1, -0.05) is 45.4 Å². The largest absolute Gasteiger partial charge is 0.300 e. The van der Waals surface area contributed by atoms with Crippen molar-refractivity contribution in [2.45, 2.75) is 71.1 Å². The number of hydrogen-bond donors (Lipinski definition) is 0. The van der Waals surface area contributed by atoms with Crippen LogP contribution in [0.5, 0.6) is 0 Å². The molecule has 82 valence electrons. The molecule has 1 fully saturated rings. The van der Waals surface area contributed by atoms with Crippen LogP contribution in [-0.4, -0.2) is 5.78 Å². The zero-order valence-electron chi connectivity index (χ0n) is 9.56. The molecule has 0 aromatic rings. The third-order valence-electron chi connectivity index (χ3n) is 3.38. The monoisotopic (exact) mass is 196 g/mol. The first kappa shape index (κ1) is 11.7. The van der Waals surface area contributed by atoms with Crippen molar-refractivity contribution in [1.29, 1.82) is 0 Å². The Morgan fingerprint density at radius 2 is 1.71 bits per heavy atom. The second-order valence-electron chi connectivity index (χ2n) is 4.68. The van der Waals surface area contributed by atoms with Gasteiger partial charge in [-0.25, -0.2) is 0 Å². The first-order chi connectivity index (χ1) is 6.83. The maximum absolute atomic E-state index is 11.0. The van der Waals surface area contributed by atoms with Crippen molar-refractivity contribution < 1.29 is 4.79 Å². The van der Waals surface area contributed by atoms with Gasteiger partial charge < -0.3 is 0 Å². The summed E-state index contributed by atoms with van der Waals surface area (Å²) in [5.41, 5.74) is 0. The van der Waals surface area contributed by atoms with Gasteiger partial charge in [0.25, 0.3) is 0 Å². The van der Waals surface area contributed by atoms with E-state index in [-0.39, 0.29) is 0 Å². The lowest BCUT2D eigenvalue weighted by Gasteiger charge is -2.20. The lowest BCUT2D eigenvalue weighted by molar-refractivity contribution is -0.121. The third-order valence-corrected chi connectivity index (χ3v) is 3.38. The van der Waals surface area contributed by atoms with Gasteiger partial charge in [-0.2, -0.15) is 0 Å². The summed E-state index contributed by atoms with van der Waals surface area (Å²) in [7, 11) is 0. The van der Waals surface area contributed by atoms with Gasteiger partial charge in [-0.3, -0.25) is 4.79 Å². The number of unbranched alkanes of at least 4 members (excludes halogenated alkanes) is 4. The average molecular weight is 196 g/mol. The van der Waals surface area contributed by atoms with Crippen LogP contribution >= 0.6 is 0 Å². The molecule has 1 aliphatic rings. The van der Waals surface area contributed by atoms with E-state index >= 15 is 0 Å². The lowest BCUT2D eigenvalue weighted by Crippen LogP contribution is -2.13. The molecule has 0 aliphatic heterocycles. The van der Waals surface area contributed by atoms with Crippen molar-refractivity contribution in [1.82, 2.24) is 0 Å². The zero-order valence-corrected chi connectivity index (χ0v) is 9.56. The number of ketones is 1. The summed E-state index contributed by atoms with van der Waals surface area (Å²) in [6.45, 7) is 2.26. The molecule has 0 spiro atoms. The quantitative estimate of drug-likeness (QED) is 0.584.